The topological polar surface area (TPSA) is 79.4 Å². The van der Waals surface area contributed by atoms with Gasteiger partial charge >= 0.3 is 5.97 Å². The van der Waals surface area contributed by atoms with Crippen LogP contribution in [0.15, 0.2) is 54.3 Å². The fourth-order valence-electron chi connectivity index (χ4n) is 6.26. The summed E-state index contributed by atoms with van der Waals surface area (Å²) in [6.45, 7) is 6.05. The van der Waals surface area contributed by atoms with E-state index in [1.807, 2.05) is 18.3 Å². The van der Waals surface area contributed by atoms with Crippen molar-refractivity contribution in [3.63, 3.8) is 0 Å². The van der Waals surface area contributed by atoms with Crippen molar-refractivity contribution < 1.29 is 19.4 Å². The molecule has 0 spiro atoms. The van der Waals surface area contributed by atoms with Crippen LogP contribution in [0.4, 0.5) is 0 Å². The molecule has 2 fully saturated rings. The molecule has 1 aromatic rings. The third-order valence-electron chi connectivity index (χ3n) is 8.36. The zero-order valence-electron chi connectivity index (χ0n) is 20.7. The number of nitrogens with one attached hydrogen (secondary N) is 1. The summed E-state index contributed by atoms with van der Waals surface area (Å²) in [7, 11) is 0. The number of aliphatic carboxylic acids is 1. The normalized spacial score (nSPS) is 34.8. The average Bonchev–Trinajstić information content (AvgIpc) is 3.53. The minimum absolute atomic E-state index is 0.0310. The van der Waals surface area contributed by atoms with E-state index in [0.717, 1.165) is 25.7 Å². The second-order valence-corrected chi connectivity index (χ2v) is 10.5. The molecular formula is C29H39NO4. The predicted molar refractivity (Wildman–Crippen MR) is 133 cm³/mol. The van der Waals surface area contributed by atoms with Gasteiger partial charge in [-0.25, -0.2) is 0 Å². The highest BCUT2D eigenvalue weighted by Crippen LogP contribution is 2.46. The van der Waals surface area contributed by atoms with E-state index in [1.165, 1.54) is 18.4 Å². The molecule has 1 aliphatic heterocycles. The number of ether oxygens (including phenoxy) is 1. The number of H-pyrrole nitrogens is 1. The van der Waals surface area contributed by atoms with Gasteiger partial charge in [0.15, 0.2) is 5.78 Å². The molecule has 5 heteroatoms. The predicted octanol–water partition coefficient (Wildman–Crippen LogP) is 6.21. The summed E-state index contributed by atoms with van der Waals surface area (Å²) in [4.78, 5) is 28.0. The van der Waals surface area contributed by atoms with Crippen LogP contribution in [0, 0.1) is 35.5 Å². The van der Waals surface area contributed by atoms with E-state index in [0.29, 0.717) is 23.4 Å². The van der Waals surface area contributed by atoms with Crippen LogP contribution in [0.5, 0.6) is 0 Å². The third-order valence-corrected chi connectivity index (χ3v) is 8.36. The standard InChI is InChI=1S/C29H39NO4/c1-4-20(28-18(2)13-16-25(34-28)19(3)29(32)33)8-5-10-22-15-14-21-9-6-11-23(21)26(22)27(31)24-12-7-17-30-24/h5,7-8,10,12,14-15,17-19,21-23,25-26,28,30H,4,6,9,11,13,16H2,1-3H3,(H,32,33)/b10-5+,20-8+/t18-,19+,21+,22-,23+,25+,26-,28+/m0/s1. The molecule has 3 aliphatic rings. The lowest BCUT2D eigenvalue weighted by Crippen LogP contribution is -2.40. The smallest absolute Gasteiger partial charge is 0.308 e. The Hall–Kier alpha value is -2.40. The average molecular weight is 466 g/mol. The second-order valence-electron chi connectivity index (χ2n) is 10.5. The Morgan fingerprint density at radius 3 is 2.76 bits per heavy atom. The van der Waals surface area contributed by atoms with Crippen LogP contribution in [0.1, 0.15) is 69.8 Å². The number of hydrogen-bond donors (Lipinski definition) is 2. The number of carboxylic acids is 1. The quantitative estimate of drug-likeness (QED) is 0.272. The summed E-state index contributed by atoms with van der Waals surface area (Å²) in [5, 5.41) is 9.43. The van der Waals surface area contributed by atoms with Crippen LogP contribution in [-0.4, -0.2) is 34.1 Å². The molecule has 1 aromatic heterocycles. The van der Waals surface area contributed by atoms with Gasteiger partial charge in [0.25, 0.3) is 0 Å². The maximum atomic E-state index is 13.4. The molecular weight excluding hydrogens is 426 g/mol. The zero-order valence-corrected chi connectivity index (χ0v) is 20.7. The molecule has 8 atom stereocenters. The first kappa shape index (κ1) is 24.7. The number of aromatic nitrogens is 1. The third kappa shape index (κ3) is 5.14. The first-order chi connectivity index (χ1) is 16.4. The number of carbonyl (C=O) groups excluding carboxylic acids is 1. The van der Waals surface area contributed by atoms with Crippen molar-refractivity contribution >= 4 is 11.8 Å². The van der Waals surface area contributed by atoms with E-state index < -0.39 is 11.9 Å². The molecule has 0 amide bonds. The molecule has 1 saturated carbocycles. The van der Waals surface area contributed by atoms with Gasteiger partial charge in [-0.05, 0) is 74.5 Å². The molecule has 2 N–H and O–H groups in total. The highest BCUT2D eigenvalue weighted by molar-refractivity contribution is 5.97. The minimum Gasteiger partial charge on any atom is -0.481 e. The summed E-state index contributed by atoms with van der Waals surface area (Å²) >= 11 is 0. The Labute approximate surface area is 203 Å². The van der Waals surface area contributed by atoms with E-state index in [-0.39, 0.29) is 29.8 Å². The Kier molecular flexibility index (Phi) is 7.92. The highest BCUT2D eigenvalue weighted by atomic mass is 16.5. The minimum atomic E-state index is -0.799. The number of allylic oxidation sites excluding steroid dienone is 5. The molecule has 0 aromatic carbocycles. The zero-order chi connectivity index (χ0) is 24.2. The Balaban J connectivity index is 1.53. The Bertz CT molecular complexity index is 943. The van der Waals surface area contributed by atoms with Gasteiger partial charge in [-0.15, -0.1) is 0 Å². The van der Waals surface area contributed by atoms with Crippen molar-refractivity contribution in [3.05, 3.63) is 60.0 Å². The SMILES string of the molecule is CC/C(=C\C=C\[C@H]1C=C[C@H]2CCC[C@H]2[C@H]1C(=O)c1ccc[nH]1)[C@@H]1O[C@@H]([C@@H](C)C(=O)O)CC[C@@H]1C. The van der Waals surface area contributed by atoms with Crippen molar-refractivity contribution in [1.29, 1.82) is 0 Å². The summed E-state index contributed by atoms with van der Waals surface area (Å²) in [5.74, 6) is 0.237. The lowest BCUT2D eigenvalue weighted by molar-refractivity contribution is -0.152. The highest BCUT2D eigenvalue weighted by Gasteiger charge is 2.42. The van der Waals surface area contributed by atoms with Crippen molar-refractivity contribution in [2.75, 3.05) is 0 Å². The molecule has 4 rings (SSSR count). The fourth-order valence-corrected chi connectivity index (χ4v) is 6.26. The van der Waals surface area contributed by atoms with Gasteiger partial charge in [0.05, 0.1) is 23.8 Å². The fraction of sp³-hybridized carbons (Fsp3) is 0.586. The van der Waals surface area contributed by atoms with Crippen LogP contribution in [0.2, 0.25) is 0 Å². The van der Waals surface area contributed by atoms with E-state index in [4.69, 9.17) is 4.74 Å². The Morgan fingerprint density at radius 2 is 2.06 bits per heavy atom. The number of carbonyl (C=O) groups is 2. The first-order valence-electron chi connectivity index (χ1n) is 13.0. The van der Waals surface area contributed by atoms with Crippen LogP contribution in [0.3, 0.4) is 0 Å². The van der Waals surface area contributed by atoms with Crippen LogP contribution < -0.4 is 0 Å². The van der Waals surface area contributed by atoms with E-state index >= 15 is 0 Å². The summed E-state index contributed by atoms with van der Waals surface area (Å²) in [6.07, 6.45) is 18.6. The van der Waals surface area contributed by atoms with Crippen molar-refractivity contribution in [3.8, 4) is 0 Å². The van der Waals surface area contributed by atoms with Crippen molar-refractivity contribution in [2.45, 2.75) is 71.5 Å². The maximum Gasteiger partial charge on any atom is 0.308 e. The van der Waals surface area contributed by atoms with Gasteiger partial charge in [-0.3, -0.25) is 9.59 Å². The molecule has 1 saturated heterocycles. The summed E-state index contributed by atoms with van der Waals surface area (Å²) < 4.78 is 6.33. The number of aromatic amines is 1. The van der Waals surface area contributed by atoms with Gasteiger partial charge in [0.1, 0.15) is 0 Å². The van der Waals surface area contributed by atoms with E-state index in [2.05, 4.69) is 49.2 Å². The summed E-state index contributed by atoms with van der Waals surface area (Å²) in [5.41, 5.74) is 1.90. The number of ketones is 1. The lowest BCUT2D eigenvalue weighted by Gasteiger charge is -2.37. The van der Waals surface area contributed by atoms with Crippen LogP contribution in [0.25, 0.3) is 0 Å². The van der Waals surface area contributed by atoms with Crippen molar-refractivity contribution in [2.24, 2.45) is 35.5 Å². The first-order valence-corrected chi connectivity index (χ1v) is 13.0. The van der Waals surface area contributed by atoms with Crippen molar-refractivity contribution in [1.82, 2.24) is 4.98 Å². The van der Waals surface area contributed by atoms with Gasteiger partial charge in [0, 0.05) is 18.0 Å². The number of carboxylic acid groups (broad SMARTS) is 1. The number of rotatable bonds is 8. The van der Waals surface area contributed by atoms with E-state index in [1.54, 1.807) is 6.92 Å². The second kappa shape index (κ2) is 10.9. The molecule has 2 aliphatic carbocycles. The van der Waals surface area contributed by atoms with Gasteiger partial charge in [-0.1, -0.05) is 50.6 Å². The molecule has 0 unspecified atom stereocenters. The van der Waals surface area contributed by atoms with Crippen LogP contribution >= 0.6 is 0 Å². The van der Waals surface area contributed by atoms with Gasteiger partial charge < -0.3 is 14.8 Å². The van der Waals surface area contributed by atoms with E-state index in [9.17, 15) is 14.7 Å². The molecule has 0 radical (unpaired) electrons. The molecule has 2 heterocycles. The number of hydrogen-bond acceptors (Lipinski definition) is 3. The molecule has 5 nitrogen and oxygen atoms in total. The summed E-state index contributed by atoms with van der Waals surface area (Å²) in [6, 6.07) is 3.78. The largest absolute Gasteiger partial charge is 0.481 e. The maximum absolute atomic E-state index is 13.4. The molecule has 184 valence electrons. The lowest BCUT2D eigenvalue weighted by atomic mass is 9.69. The Morgan fingerprint density at radius 1 is 1.24 bits per heavy atom. The molecule has 34 heavy (non-hydrogen) atoms. The number of fused-ring (bicyclic) bond motifs is 1. The van der Waals surface area contributed by atoms with Crippen LogP contribution in [-0.2, 0) is 9.53 Å². The van der Waals surface area contributed by atoms with Gasteiger partial charge in [0.2, 0.25) is 0 Å². The number of Topliss-reactive ketones (excluding diaryl/α,β-unsaturated/α-hetero) is 1. The van der Waals surface area contributed by atoms with Gasteiger partial charge in [-0.2, -0.15) is 0 Å². The molecule has 0 bridgehead atoms. The monoisotopic (exact) mass is 465 g/mol.